The van der Waals surface area contributed by atoms with E-state index in [-0.39, 0.29) is 42.3 Å². The molecule has 0 bridgehead atoms. The van der Waals surface area contributed by atoms with Crippen molar-refractivity contribution in [2.24, 2.45) is 0 Å². The van der Waals surface area contributed by atoms with Gasteiger partial charge in [-0.1, -0.05) is 24.0 Å². The first kappa shape index (κ1) is 39.5. The molecule has 13 nitrogen and oxygen atoms in total. The van der Waals surface area contributed by atoms with E-state index in [9.17, 15) is 24.0 Å². The molecule has 0 saturated carbocycles. The smallest absolute Gasteiger partial charge is 0.221 e. The topological polar surface area (TPSA) is 170 Å². The van der Waals surface area contributed by atoms with Crippen LogP contribution < -0.4 is 21.3 Å². The lowest BCUT2D eigenvalue weighted by atomic mass is 10.1. The van der Waals surface area contributed by atoms with E-state index in [1.54, 1.807) is 12.2 Å². The van der Waals surface area contributed by atoms with Gasteiger partial charge in [0.15, 0.2) is 5.78 Å². The molecule has 0 fully saturated rings. The number of nitrogens with one attached hydrogen (secondary N) is 4. The lowest BCUT2D eigenvalue weighted by molar-refractivity contribution is -0.124. The Morgan fingerprint density at radius 2 is 1.00 bits per heavy atom. The highest BCUT2D eigenvalue weighted by Gasteiger charge is 2.05. The maximum Gasteiger partial charge on any atom is 0.221 e. The summed E-state index contributed by atoms with van der Waals surface area (Å²) in [6, 6.07) is 0. The van der Waals surface area contributed by atoms with E-state index in [0.717, 1.165) is 0 Å². The Hall–Kier alpha value is -3.57. The Kier molecular flexibility index (Phi) is 25.6. The first-order valence-electron chi connectivity index (χ1n) is 15.7. The Bertz CT molecular complexity index is 989. The molecule has 2 rings (SSSR count). The minimum absolute atomic E-state index is 0.00327. The van der Waals surface area contributed by atoms with E-state index in [2.05, 4.69) is 33.1 Å². The molecule has 0 radical (unpaired) electrons. The lowest BCUT2D eigenvalue weighted by Gasteiger charge is -2.08. The molecule has 2 aliphatic heterocycles. The number of ether oxygens (including phenoxy) is 4. The molecule has 0 aromatic carbocycles. The van der Waals surface area contributed by atoms with Crippen LogP contribution >= 0.6 is 0 Å². The summed E-state index contributed by atoms with van der Waals surface area (Å²) < 4.78 is 21.3. The number of rotatable bonds is 0. The van der Waals surface area contributed by atoms with Crippen LogP contribution in [0.1, 0.15) is 57.8 Å². The average molecular weight is 635 g/mol. The summed E-state index contributed by atoms with van der Waals surface area (Å²) >= 11 is 0. The van der Waals surface area contributed by atoms with Gasteiger partial charge in [0.05, 0.1) is 52.9 Å². The maximum atomic E-state index is 11.6. The maximum absolute atomic E-state index is 11.6. The van der Waals surface area contributed by atoms with Gasteiger partial charge >= 0.3 is 0 Å². The third kappa shape index (κ3) is 27.7. The zero-order chi connectivity index (χ0) is 32.6. The Balaban J connectivity index is 0.000000450. The molecule has 0 unspecified atom stereocenters. The van der Waals surface area contributed by atoms with Crippen LogP contribution in [-0.4, -0.2) is 108 Å². The number of carbonyl (C=O) groups is 5. The van der Waals surface area contributed by atoms with Crippen LogP contribution in [0.15, 0.2) is 24.3 Å². The number of allylic oxidation sites excluding steroid dienone is 4. The second-order valence-corrected chi connectivity index (χ2v) is 9.87. The van der Waals surface area contributed by atoms with Gasteiger partial charge in [0.1, 0.15) is 0 Å². The van der Waals surface area contributed by atoms with E-state index >= 15 is 0 Å². The monoisotopic (exact) mass is 634 g/mol. The summed E-state index contributed by atoms with van der Waals surface area (Å²) in [5.74, 6) is 5.49. The van der Waals surface area contributed by atoms with Gasteiger partial charge in [-0.25, -0.2) is 0 Å². The minimum Gasteiger partial charge on any atom is -0.377 e. The quantitative estimate of drug-likeness (QED) is 0.281. The molecule has 0 saturated heterocycles. The number of hydrogen-bond donors (Lipinski definition) is 4. The molecule has 0 aromatic heterocycles. The second-order valence-electron chi connectivity index (χ2n) is 9.87. The summed E-state index contributed by atoms with van der Waals surface area (Å²) in [5, 5.41) is 11.0. The van der Waals surface area contributed by atoms with Crippen molar-refractivity contribution in [3.8, 4) is 11.8 Å². The molecule has 2 aliphatic rings. The minimum atomic E-state index is -0.155. The van der Waals surface area contributed by atoms with E-state index in [1.807, 2.05) is 6.08 Å². The van der Waals surface area contributed by atoms with E-state index in [0.29, 0.717) is 124 Å². The Morgan fingerprint density at radius 1 is 0.511 bits per heavy atom. The van der Waals surface area contributed by atoms with Gasteiger partial charge in [0.25, 0.3) is 0 Å². The van der Waals surface area contributed by atoms with Crippen molar-refractivity contribution in [2.45, 2.75) is 57.8 Å². The van der Waals surface area contributed by atoms with Gasteiger partial charge in [-0.05, 0) is 31.4 Å². The third-order valence-corrected chi connectivity index (χ3v) is 6.01. The van der Waals surface area contributed by atoms with E-state index < -0.39 is 0 Å². The highest BCUT2D eigenvalue weighted by molar-refractivity contribution is 5.92. The van der Waals surface area contributed by atoms with Crippen LogP contribution in [0.2, 0.25) is 0 Å². The van der Waals surface area contributed by atoms with E-state index in [1.165, 1.54) is 6.08 Å². The average Bonchev–Trinajstić information content (AvgIpc) is 3.02. The predicted molar refractivity (Wildman–Crippen MR) is 168 cm³/mol. The normalized spacial score (nSPS) is 22.2. The van der Waals surface area contributed by atoms with Crippen molar-refractivity contribution >= 4 is 29.4 Å². The third-order valence-electron chi connectivity index (χ3n) is 6.01. The number of hydrogen-bond acceptors (Lipinski definition) is 9. The highest BCUT2D eigenvalue weighted by atomic mass is 16.5. The zero-order valence-electron chi connectivity index (χ0n) is 26.3. The number of amides is 4. The molecule has 0 aliphatic carbocycles. The highest BCUT2D eigenvalue weighted by Crippen LogP contribution is 1.99. The van der Waals surface area contributed by atoms with Gasteiger partial charge in [0.2, 0.25) is 23.6 Å². The van der Waals surface area contributed by atoms with Crippen molar-refractivity contribution in [3.05, 3.63) is 24.3 Å². The van der Waals surface area contributed by atoms with Crippen molar-refractivity contribution in [1.29, 1.82) is 0 Å². The molecule has 13 heteroatoms. The van der Waals surface area contributed by atoms with Crippen molar-refractivity contribution < 1.29 is 42.9 Å². The molecule has 0 aromatic rings. The van der Waals surface area contributed by atoms with Crippen molar-refractivity contribution in [3.63, 3.8) is 0 Å². The summed E-state index contributed by atoms with van der Waals surface area (Å²) in [4.78, 5) is 57.6. The zero-order valence-corrected chi connectivity index (χ0v) is 26.3. The van der Waals surface area contributed by atoms with Crippen LogP contribution in [-0.2, 0) is 42.9 Å². The summed E-state index contributed by atoms with van der Waals surface area (Å²) in [6.07, 6.45) is 10.9. The number of ketones is 1. The van der Waals surface area contributed by atoms with Crippen LogP contribution in [0.5, 0.6) is 0 Å². The summed E-state index contributed by atoms with van der Waals surface area (Å²) in [7, 11) is 0. The van der Waals surface area contributed by atoms with Gasteiger partial charge < -0.3 is 40.2 Å². The first-order chi connectivity index (χ1) is 22.0. The second kappa shape index (κ2) is 29.2. The molecule has 4 N–H and O–H groups in total. The van der Waals surface area contributed by atoms with Gasteiger partial charge in [0, 0.05) is 64.7 Å². The molecular weight excluding hydrogens is 584 g/mol. The van der Waals surface area contributed by atoms with Gasteiger partial charge in [-0.3, -0.25) is 24.0 Å². The summed E-state index contributed by atoms with van der Waals surface area (Å²) in [5.41, 5.74) is 0. The van der Waals surface area contributed by atoms with Crippen LogP contribution in [0, 0.1) is 11.8 Å². The van der Waals surface area contributed by atoms with E-state index in [4.69, 9.17) is 18.9 Å². The predicted octanol–water partition coefficient (Wildman–Crippen LogP) is 0.727. The molecule has 0 spiro atoms. The Morgan fingerprint density at radius 3 is 1.56 bits per heavy atom. The molecule has 2 heterocycles. The largest absolute Gasteiger partial charge is 0.377 e. The Labute approximate surface area is 266 Å². The standard InChI is InChI=1S/C16H26N2O5.C16H24N2O4/c19-14-4-2-1-3-5-15(20)17-8-10-22-12-13-23-11-9-18-16(21)7-6-14;19-15-7-5-3-1-2-4-6-8-16(20)18-10-12-22-14-13-21-11-9-17-15/h2,4H,1,3,5-13H2,(H,17,20)(H,18,21);1,3H,5-14H2,(H,17,19)(H,18,20)/b4-2+;3-1+. The van der Waals surface area contributed by atoms with Crippen molar-refractivity contribution in [2.75, 3.05) is 79.0 Å². The number of carbonyl (C=O) groups excluding carboxylic acids is 5. The van der Waals surface area contributed by atoms with Crippen molar-refractivity contribution in [1.82, 2.24) is 21.3 Å². The van der Waals surface area contributed by atoms with Crippen LogP contribution in [0.25, 0.3) is 0 Å². The summed E-state index contributed by atoms with van der Waals surface area (Å²) in [6.45, 7) is 5.48. The molecular formula is C32H50N4O9. The fourth-order valence-corrected chi connectivity index (χ4v) is 3.63. The fourth-order valence-electron chi connectivity index (χ4n) is 3.63. The molecule has 0 atom stereocenters. The van der Waals surface area contributed by atoms with Crippen LogP contribution in [0.3, 0.4) is 0 Å². The van der Waals surface area contributed by atoms with Crippen LogP contribution in [0.4, 0.5) is 0 Å². The first-order valence-corrected chi connectivity index (χ1v) is 15.7. The molecule has 4 amide bonds. The fraction of sp³-hybridized carbons (Fsp3) is 0.656. The molecule has 252 valence electrons. The SMILES string of the molecule is O=C1/C=C/CCCC(=O)NCCOCCOCCNC(=O)CC1.O=C1CCC#C/C=C/CCC(=O)NCCOCCOCCN1. The molecule has 45 heavy (non-hydrogen) atoms. The van der Waals surface area contributed by atoms with Gasteiger partial charge in [-0.2, -0.15) is 0 Å². The van der Waals surface area contributed by atoms with Gasteiger partial charge in [-0.15, -0.1) is 0 Å². The lowest BCUT2D eigenvalue weighted by Crippen LogP contribution is -2.28.